The van der Waals surface area contributed by atoms with Gasteiger partial charge in [0.2, 0.25) is 0 Å². The molecule has 0 saturated carbocycles. The molecule has 0 unspecified atom stereocenters. The summed E-state index contributed by atoms with van der Waals surface area (Å²) < 4.78 is 0. The fourth-order valence-electron chi connectivity index (χ4n) is 4.46. The van der Waals surface area contributed by atoms with Crippen LogP contribution in [0.5, 0.6) is 0 Å². The van der Waals surface area contributed by atoms with Gasteiger partial charge in [0.05, 0.1) is 11.4 Å². The Labute approximate surface area is 168 Å². The molecule has 4 N–H and O–H groups in total. The van der Waals surface area contributed by atoms with Crippen molar-refractivity contribution in [3.05, 3.63) is 78.3 Å². The first-order valence-corrected chi connectivity index (χ1v) is 9.86. The minimum atomic E-state index is 0.0471. The zero-order valence-corrected chi connectivity index (χ0v) is 16.6. The fraction of sp³-hybridized carbons (Fsp3) is 0.120. The Morgan fingerprint density at radius 1 is 0.966 bits per heavy atom. The molecule has 29 heavy (non-hydrogen) atoms. The van der Waals surface area contributed by atoms with E-state index in [-0.39, 0.29) is 5.76 Å². The van der Waals surface area contributed by atoms with E-state index in [1.54, 1.807) is 0 Å². The molecule has 0 fully saturated rings. The molecule has 5 aromatic rings. The summed E-state index contributed by atoms with van der Waals surface area (Å²) in [5.41, 5.74) is 9.54. The second-order valence-corrected chi connectivity index (χ2v) is 7.47. The van der Waals surface area contributed by atoms with Crippen molar-refractivity contribution in [3.63, 3.8) is 0 Å². The van der Waals surface area contributed by atoms with Crippen LogP contribution in [0.1, 0.15) is 23.7 Å². The minimum absolute atomic E-state index is 0.0471. The van der Waals surface area contributed by atoms with E-state index in [9.17, 15) is 5.11 Å². The molecular formula is C25H23N3O. The molecule has 0 atom stereocenters. The van der Waals surface area contributed by atoms with Gasteiger partial charge in [-0.25, -0.2) is 0 Å². The predicted octanol–water partition coefficient (Wildman–Crippen LogP) is 6.71. The number of aliphatic hydroxyl groups excluding tert-OH is 1. The highest BCUT2D eigenvalue weighted by Crippen LogP contribution is 2.42. The van der Waals surface area contributed by atoms with E-state index in [1.807, 2.05) is 18.5 Å². The molecule has 2 aromatic carbocycles. The van der Waals surface area contributed by atoms with Crippen LogP contribution in [0.4, 0.5) is 0 Å². The van der Waals surface area contributed by atoms with Crippen molar-refractivity contribution in [3.8, 4) is 22.4 Å². The third-order valence-electron chi connectivity index (χ3n) is 5.81. The molecule has 3 aromatic heterocycles. The lowest BCUT2D eigenvalue weighted by Gasteiger charge is -2.10. The third kappa shape index (κ3) is 2.53. The Balaban J connectivity index is 1.87. The molecule has 0 spiro atoms. The van der Waals surface area contributed by atoms with Crippen LogP contribution in [0, 0.1) is 6.92 Å². The maximum Gasteiger partial charge on any atom is 0.132 e. The Morgan fingerprint density at radius 3 is 2.55 bits per heavy atom. The normalized spacial score (nSPS) is 11.5. The van der Waals surface area contributed by atoms with E-state index >= 15 is 0 Å². The summed E-state index contributed by atoms with van der Waals surface area (Å²) in [5, 5.41) is 12.7. The van der Waals surface area contributed by atoms with Crippen molar-refractivity contribution in [1.29, 1.82) is 0 Å². The van der Waals surface area contributed by atoms with Crippen molar-refractivity contribution < 1.29 is 5.11 Å². The number of fused-ring (bicyclic) bond motifs is 2. The van der Waals surface area contributed by atoms with Crippen LogP contribution in [-0.2, 0) is 6.42 Å². The predicted molar refractivity (Wildman–Crippen MR) is 121 cm³/mol. The molecule has 0 bridgehead atoms. The SMILES string of the molecule is C=C(O)c1[nH]c(-c2ccc(C)c3[nH]ccc23)c(CC)c1-c1cccc2[nH]ccc12. The largest absolute Gasteiger partial charge is 0.506 e. The Bertz CT molecular complexity index is 1380. The van der Waals surface area contributed by atoms with Crippen molar-refractivity contribution in [2.75, 3.05) is 0 Å². The average Bonchev–Trinajstić information content (AvgIpc) is 3.45. The van der Waals surface area contributed by atoms with Crippen LogP contribution in [0.3, 0.4) is 0 Å². The maximum atomic E-state index is 10.4. The molecule has 3 heterocycles. The first kappa shape index (κ1) is 17.4. The van der Waals surface area contributed by atoms with Crippen molar-refractivity contribution in [2.24, 2.45) is 0 Å². The Kier molecular flexibility index (Phi) is 3.88. The number of hydrogen-bond acceptors (Lipinski definition) is 1. The summed E-state index contributed by atoms with van der Waals surface area (Å²) in [7, 11) is 0. The van der Waals surface area contributed by atoms with Crippen LogP contribution in [0.15, 0.2) is 61.4 Å². The number of rotatable bonds is 4. The molecule has 0 amide bonds. The van der Waals surface area contributed by atoms with E-state index in [1.165, 1.54) is 16.5 Å². The lowest BCUT2D eigenvalue weighted by molar-refractivity contribution is 0.511. The summed E-state index contributed by atoms with van der Waals surface area (Å²) in [5.74, 6) is 0.0471. The summed E-state index contributed by atoms with van der Waals surface area (Å²) in [6, 6.07) is 14.7. The zero-order chi connectivity index (χ0) is 20.1. The maximum absolute atomic E-state index is 10.4. The number of benzene rings is 2. The van der Waals surface area contributed by atoms with Gasteiger partial charge in [-0.05, 0) is 48.2 Å². The van der Waals surface area contributed by atoms with Gasteiger partial charge in [-0.2, -0.15) is 0 Å². The second kappa shape index (κ2) is 6.45. The lowest BCUT2D eigenvalue weighted by Crippen LogP contribution is -1.90. The number of aromatic amines is 3. The van der Waals surface area contributed by atoms with Gasteiger partial charge in [-0.1, -0.05) is 37.8 Å². The molecule has 4 nitrogen and oxygen atoms in total. The zero-order valence-electron chi connectivity index (χ0n) is 16.6. The highest BCUT2D eigenvalue weighted by molar-refractivity contribution is 6.03. The highest BCUT2D eigenvalue weighted by atomic mass is 16.3. The number of hydrogen-bond donors (Lipinski definition) is 4. The van der Waals surface area contributed by atoms with Crippen LogP contribution < -0.4 is 0 Å². The molecule has 144 valence electrons. The van der Waals surface area contributed by atoms with Gasteiger partial charge in [0, 0.05) is 45.3 Å². The van der Waals surface area contributed by atoms with Crippen molar-refractivity contribution >= 4 is 27.6 Å². The summed E-state index contributed by atoms with van der Waals surface area (Å²) in [6.45, 7) is 8.10. The quantitative estimate of drug-likeness (QED) is 0.257. The van der Waals surface area contributed by atoms with Gasteiger partial charge in [0.25, 0.3) is 0 Å². The van der Waals surface area contributed by atoms with Gasteiger partial charge in [0.15, 0.2) is 0 Å². The number of aliphatic hydroxyl groups is 1. The van der Waals surface area contributed by atoms with E-state index in [0.717, 1.165) is 45.2 Å². The molecule has 0 aliphatic rings. The number of nitrogens with one attached hydrogen (secondary N) is 3. The number of aromatic nitrogens is 3. The van der Waals surface area contributed by atoms with Crippen LogP contribution in [0.25, 0.3) is 49.9 Å². The first-order valence-electron chi connectivity index (χ1n) is 9.86. The molecule has 5 rings (SSSR count). The molecule has 0 aliphatic heterocycles. The van der Waals surface area contributed by atoms with Crippen LogP contribution in [0.2, 0.25) is 0 Å². The molecule has 0 aliphatic carbocycles. The third-order valence-corrected chi connectivity index (χ3v) is 5.81. The topological polar surface area (TPSA) is 67.6 Å². The van der Waals surface area contributed by atoms with Gasteiger partial charge in [0.1, 0.15) is 5.76 Å². The summed E-state index contributed by atoms with van der Waals surface area (Å²) in [4.78, 5) is 10.1. The van der Waals surface area contributed by atoms with E-state index in [4.69, 9.17) is 0 Å². The molecule has 0 radical (unpaired) electrons. The monoisotopic (exact) mass is 381 g/mol. The van der Waals surface area contributed by atoms with E-state index in [0.29, 0.717) is 5.69 Å². The Morgan fingerprint density at radius 2 is 1.76 bits per heavy atom. The van der Waals surface area contributed by atoms with Gasteiger partial charge >= 0.3 is 0 Å². The first-order chi connectivity index (χ1) is 14.1. The van der Waals surface area contributed by atoms with Crippen molar-refractivity contribution in [2.45, 2.75) is 20.3 Å². The van der Waals surface area contributed by atoms with Gasteiger partial charge in [-0.15, -0.1) is 0 Å². The summed E-state index contributed by atoms with van der Waals surface area (Å²) >= 11 is 0. The highest BCUT2D eigenvalue weighted by Gasteiger charge is 2.23. The van der Waals surface area contributed by atoms with Crippen LogP contribution in [-0.4, -0.2) is 20.1 Å². The smallest absolute Gasteiger partial charge is 0.132 e. The average molecular weight is 381 g/mol. The Hall–Kier alpha value is -3.66. The van der Waals surface area contributed by atoms with Gasteiger partial charge < -0.3 is 20.1 Å². The van der Waals surface area contributed by atoms with Crippen molar-refractivity contribution in [1.82, 2.24) is 15.0 Å². The molecule has 4 heteroatoms. The van der Waals surface area contributed by atoms with E-state index < -0.39 is 0 Å². The minimum Gasteiger partial charge on any atom is -0.506 e. The summed E-state index contributed by atoms with van der Waals surface area (Å²) in [6.07, 6.45) is 4.75. The lowest BCUT2D eigenvalue weighted by atomic mass is 9.93. The second-order valence-electron chi connectivity index (χ2n) is 7.47. The standard InChI is InChI=1S/C25H23N3O/c1-4-16-22(18-6-5-7-21-17(18)10-12-26-21)24(15(3)29)28-25(16)19-9-8-14(2)23-20(19)11-13-27-23/h5-13,26-29H,3-4H2,1-2H3. The number of H-pyrrole nitrogens is 3. The fourth-order valence-corrected chi connectivity index (χ4v) is 4.46. The molecule has 0 saturated heterocycles. The van der Waals surface area contributed by atoms with Crippen LogP contribution >= 0.6 is 0 Å². The molecular weight excluding hydrogens is 358 g/mol. The van der Waals surface area contributed by atoms with E-state index in [2.05, 4.69) is 71.8 Å². The number of aryl methyl sites for hydroxylation is 1. The van der Waals surface area contributed by atoms with Gasteiger partial charge in [-0.3, -0.25) is 0 Å².